The summed E-state index contributed by atoms with van der Waals surface area (Å²) in [5.74, 6) is 0.0588. The summed E-state index contributed by atoms with van der Waals surface area (Å²) in [7, 11) is 0. The molecule has 2 aromatic carbocycles. The number of rotatable bonds is 1. The van der Waals surface area contributed by atoms with E-state index in [1.165, 1.54) is 12.1 Å². The Morgan fingerprint density at radius 2 is 1.95 bits per heavy atom. The Morgan fingerprint density at radius 1 is 1.21 bits per heavy atom. The van der Waals surface area contributed by atoms with Crippen molar-refractivity contribution < 1.29 is 10.9 Å². The zero-order chi connectivity index (χ0) is 14.3. The lowest BCUT2D eigenvalue weighted by Gasteiger charge is -2.05. The molecule has 1 aromatic heterocycles. The normalized spacial score (nSPS) is 11.5. The van der Waals surface area contributed by atoms with Crippen molar-refractivity contribution in [3.05, 3.63) is 58.7 Å². The van der Waals surface area contributed by atoms with Gasteiger partial charge in [-0.3, -0.25) is 4.79 Å². The summed E-state index contributed by atoms with van der Waals surface area (Å²) >= 11 is 0. The van der Waals surface area contributed by atoms with Crippen molar-refractivity contribution in [2.24, 2.45) is 0 Å². The third-order valence-electron chi connectivity index (χ3n) is 2.81. The SMILES string of the molecule is [2H]c1c(N)cc(O)c2c(=O)cc(-c3ccccc3)oc12. The van der Waals surface area contributed by atoms with Gasteiger partial charge in [0.05, 0.1) is 1.37 Å². The minimum atomic E-state index is -0.406. The molecule has 1 heterocycles. The first kappa shape index (κ1) is 10.2. The summed E-state index contributed by atoms with van der Waals surface area (Å²) in [6, 6.07) is 11.4. The zero-order valence-corrected chi connectivity index (χ0v) is 9.88. The van der Waals surface area contributed by atoms with E-state index in [2.05, 4.69) is 0 Å². The van der Waals surface area contributed by atoms with E-state index in [-0.39, 0.29) is 28.4 Å². The molecular formula is C15H11NO3. The van der Waals surface area contributed by atoms with Crippen LogP contribution in [0, 0.1) is 0 Å². The van der Waals surface area contributed by atoms with Crippen LogP contribution in [0.25, 0.3) is 22.3 Å². The van der Waals surface area contributed by atoms with Crippen molar-refractivity contribution in [3.8, 4) is 17.1 Å². The molecule has 19 heavy (non-hydrogen) atoms. The summed E-state index contributed by atoms with van der Waals surface area (Å²) in [6.45, 7) is 0. The van der Waals surface area contributed by atoms with Gasteiger partial charge in [-0.2, -0.15) is 0 Å². The quantitative estimate of drug-likeness (QED) is 0.654. The number of hydrogen-bond donors (Lipinski definition) is 2. The second-order valence-corrected chi connectivity index (χ2v) is 4.15. The minimum absolute atomic E-state index is 0.00569. The number of hydrogen-bond acceptors (Lipinski definition) is 4. The Kier molecular flexibility index (Phi) is 2.24. The van der Waals surface area contributed by atoms with E-state index in [1.54, 1.807) is 12.1 Å². The third kappa shape index (κ3) is 1.93. The van der Waals surface area contributed by atoms with Crippen molar-refractivity contribution in [1.82, 2.24) is 0 Å². The molecule has 4 nitrogen and oxygen atoms in total. The molecule has 94 valence electrons. The van der Waals surface area contributed by atoms with Crippen LogP contribution in [0.5, 0.6) is 5.75 Å². The van der Waals surface area contributed by atoms with Crippen LogP contribution in [-0.4, -0.2) is 5.11 Å². The van der Waals surface area contributed by atoms with Crippen LogP contribution in [0.3, 0.4) is 0 Å². The van der Waals surface area contributed by atoms with Crippen molar-refractivity contribution in [2.75, 3.05) is 5.73 Å². The van der Waals surface area contributed by atoms with Gasteiger partial charge in [0, 0.05) is 29.4 Å². The average molecular weight is 254 g/mol. The first-order valence-electron chi connectivity index (χ1n) is 6.19. The fourth-order valence-corrected chi connectivity index (χ4v) is 1.96. The maximum atomic E-state index is 12.1. The van der Waals surface area contributed by atoms with Gasteiger partial charge in [-0.25, -0.2) is 0 Å². The van der Waals surface area contributed by atoms with Crippen LogP contribution in [-0.2, 0) is 0 Å². The molecule has 4 heteroatoms. The molecule has 0 atom stereocenters. The highest BCUT2D eigenvalue weighted by Crippen LogP contribution is 2.28. The number of nitrogen functional groups attached to an aromatic ring is 1. The second kappa shape index (κ2) is 4.17. The summed E-state index contributed by atoms with van der Waals surface area (Å²) in [5, 5.41) is 9.77. The van der Waals surface area contributed by atoms with Gasteiger partial charge in [0.1, 0.15) is 22.5 Å². The number of phenolic OH excluding ortho intramolecular Hbond substituents is 1. The second-order valence-electron chi connectivity index (χ2n) is 4.15. The van der Waals surface area contributed by atoms with Crippen LogP contribution in [0.1, 0.15) is 1.37 Å². The van der Waals surface area contributed by atoms with Crippen molar-refractivity contribution in [2.45, 2.75) is 0 Å². The number of benzene rings is 2. The van der Waals surface area contributed by atoms with Gasteiger partial charge in [-0.15, -0.1) is 0 Å². The monoisotopic (exact) mass is 254 g/mol. The number of fused-ring (bicyclic) bond motifs is 1. The molecule has 0 saturated heterocycles. The van der Waals surface area contributed by atoms with E-state index in [0.29, 0.717) is 11.3 Å². The molecule has 0 radical (unpaired) electrons. The molecule has 0 unspecified atom stereocenters. The van der Waals surface area contributed by atoms with Gasteiger partial charge in [0.2, 0.25) is 0 Å². The molecule has 0 aliphatic rings. The number of aromatic hydroxyl groups is 1. The zero-order valence-electron chi connectivity index (χ0n) is 10.9. The highest BCUT2D eigenvalue weighted by Gasteiger charge is 2.11. The minimum Gasteiger partial charge on any atom is -0.507 e. The van der Waals surface area contributed by atoms with Gasteiger partial charge < -0.3 is 15.3 Å². The molecule has 0 fully saturated rings. The molecule has 0 aliphatic carbocycles. The molecule has 3 rings (SSSR count). The maximum absolute atomic E-state index is 12.1. The summed E-state index contributed by atoms with van der Waals surface area (Å²) in [4.78, 5) is 12.1. The van der Waals surface area contributed by atoms with Crippen LogP contribution in [0.2, 0.25) is 0 Å². The van der Waals surface area contributed by atoms with Crippen LogP contribution in [0.4, 0.5) is 5.69 Å². The first-order chi connectivity index (χ1) is 9.58. The van der Waals surface area contributed by atoms with Crippen LogP contribution >= 0.6 is 0 Å². The highest BCUT2D eigenvalue weighted by atomic mass is 16.3. The molecule has 0 saturated carbocycles. The molecule has 3 N–H and O–H groups in total. The topological polar surface area (TPSA) is 76.5 Å². The summed E-state index contributed by atoms with van der Waals surface area (Å²) < 4.78 is 13.5. The number of phenols is 1. The van der Waals surface area contributed by atoms with Gasteiger partial charge in [-0.1, -0.05) is 30.3 Å². The van der Waals surface area contributed by atoms with E-state index >= 15 is 0 Å². The van der Waals surface area contributed by atoms with Crippen LogP contribution < -0.4 is 11.2 Å². The Hall–Kier alpha value is -2.75. The van der Waals surface area contributed by atoms with E-state index in [9.17, 15) is 9.90 Å². The lowest BCUT2D eigenvalue weighted by Crippen LogP contribution is -2.01. The summed E-state index contributed by atoms with van der Waals surface area (Å²) in [6.07, 6.45) is 0. The van der Waals surface area contributed by atoms with Gasteiger partial charge >= 0.3 is 0 Å². The standard InChI is InChI=1S/C15H11NO3/c16-10-6-11(17)15-12(18)8-13(19-14(15)7-10)9-4-2-1-3-5-9/h1-8,17H,16H2/i7D. The number of anilines is 1. The molecule has 0 spiro atoms. The lowest BCUT2D eigenvalue weighted by atomic mass is 10.1. The molecule has 0 bridgehead atoms. The maximum Gasteiger partial charge on any atom is 0.197 e. The van der Waals surface area contributed by atoms with E-state index < -0.39 is 5.43 Å². The molecule has 3 aromatic rings. The highest BCUT2D eigenvalue weighted by molar-refractivity contribution is 5.87. The van der Waals surface area contributed by atoms with Crippen molar-refractivity contribution in [1.29, 1.82) is 0 Å². The van der Waals surface area contributed by atoms with Gasteiger partial charge in [-0.05, 0) is 0 Å². The fourth-order valence-electron chi connectivity index (χ4n) is 1.96. The average Bonchev–Trinajstić information content (AvgIpc) is 2.45. The van der Waals surface area contributed by atoms with Gasteiger partial charge in [0.15, 0.2) is 5.43 Å². The van der Waals surface area contributed by atoms with Crippen LogP contribution in [0.15, 0.2) is 57.7 Å². The third-order valence-corrected chi connectivity index (χ3v) is 2.81. The Morgan fingerprint density at radius 3 is 2.68 bits per heavy atom. The smallest absolute Gasteiger partial charge is 0.197 e. The van der Waals surface area contributed by atoms with E-state index in [1.807, 2.05) is 18.2 Å². The Bertz CT molecular complexity index is 856. The fraction of sp³-hybridized carbons (Fsp3) is 0. The lowest BCUT2D eigenvalue weighted by molar-refractivity contribution is 0.480. The molecule has 0 aliphatic heterocycles. The Labute approximate surface area is 110 Å². The number of nitrogens with two attached hydrogens (primary N) is 1. The molecular weight excluding hydrogens is 242 g/mol. The van der Waals surface area contributed by atoms with Gasteiger partial charge in [0.25, 0.3) is 0 Å². The largest absolute Gasteiger partial charge is 0.507 e. The van der Waals surface area contributed by atoms with E-state index in [4.69, 9.17) is 11.5 Å². The first-order valence-corrected chi connectivity index (χ1v) is 5.69. The van der Waals surface area contributed by atoms with Crippen molar-refractivity contribution in [3.63, 3.8) is 0 Å². The summed E-state index contributed by atoms with van der Waals surface area (Å²) in [5.41, 5.74) is 5.98. The predicted octanol–water partition coefficient (Wildman–Crippen LogP) is 2.75. The Balaban J connectivity index is 2.40. The van der Waals surface area contributed by atoms with E-state index in [0.717, 1.165) is 0 Å². The predicted molar refractivity (Wildman–Crippen MR) is 74.0 cm³/mol. The van der Waals surface area contributed by atoms with Crippen molar-refractivity contribution >= 4 is 16.7 Å². The molecule has 0 amide bonds.